The van der Waals surface area contributed by atoms with Crippen molar-refractivity contribution in [3.8, 4) is 5.69 Å². The number of halogens is 1. The highest BCUT2D eigenvalue weighted by atomic mass is 35.5. The molecule has 1 saturated heterocycles. The summed E-state index contributed by atoms with van der Waals surface area (Å²) in [7, 11) is 0. The number of aromatic nitrogens is 2. The van der Waals surface area contributed by atoms with E-state index in [1.807, 2.05) is 56.4 Å². The molecule has 0 saturated carbocycles. The minimum Gasteiger partial charge on any atom is -0.351 e. The van der Waals surface area contributed by atoms with Gasteiger partial charge in [0.2, 0.25) is 5.91 Å². The molecule has 206 valence electrons. The van der Waals surface area contributed by atoms with E-state index in [-0.39, 0.29) is 23.9 Å². The van der Waals surface area contributed by atoms with Crippen LogP contribution in [-0.4, -0.2) is 20.6 Å². The first-order valence-corrected chi connectivity index (χ1v) is 14.2. The summed E-state index contributed by atoms with van der Waals surface area (Å²) in [6.07, 6.45) is 1.81. The summed E-state index contributed by atoms with van der Waals surface area (Å²) >= 11 is 12.6. The monoisotopic (exact) mass is 571 g/mol. The van der Waals surface area contributed by atoms with Crippen LogP contribution in [0.1, 0.15) is 59.7 Å². The first-order chi connectivity index (χ1) is 19.1. The van der Waals surface area contributed by atoms with Gasteiger partial charge in [-0.05, 0) is 93.0 Å². The van der Waals surface area contributed by atoms with E-state index in [0.29, 0.717) is 15.8 Å². The Hall–Kier alpha value is -3.68. The number of benzene rings is 2. The Kier molecular flexibility index (Phi) is 7.71. The molecule has 0 unspecified atom stereocenters. The van der Waals surface area contributed by atoms with Gasteiger partial charge >= 0.3 is 0 Å². The molecule has 6 nitrogen and oxygen atoms in total. The van der Waals surface area contributed by atoms with Gasteiger partial charge in [-0.2, -0.15) is 0 Å². The van der Waals surface area contributed by atoms with Crippen molar-refractivity contribution in [2.75, 3.05) is 10.2 Å². The van der Waals surface area contributed by atoms with Gasteiger partial charge in [0.05, 0.1) is 34.2 Å². The quantitative estimate of drug-likeness (QED) is 0.234. The fraction of sp³-hybridized carbons (Fsp3) is 0.281. The predicted molar refractivity (Wildman–Crippen MR) is 168 cm³/mol. The highest BCUT2D eigenvalue weighted by Crippen LogP contribution is 2.45. The lowest BCUT2D eigenvalue weighted by Gasteiger charge is -2.29. The van der Waals surface area contributed by atoms with E-state index >= 15 is 0 Å². The van der Waals surface area contributed by atoms with Crippen LogP contribution >= 0.6 is 23.8 Å². The maximum Gasteiger partial charge on any atom is 0.226 e. The largest absolute Gasteiger partial charge is 0.351 e. The van der Waals surface area contributed by atoms with Crippen LogP contribution in [-0.2, 0) is 4.79 Å². The van der Waals surface area contributed by atoms with Crippen molar-refractivity contribution in [1.82, 2.24) is 14.9 Å². The Morgan fingerprint density at radius 3 is 2.38 bits per heavy atom. The fourth-order valence-electron chi connectivity index (χ4n) is 5.57. The second kappa shape index (κ2) is 11.1. The third kappa shape index (κ3) is 5.00. The highest BCUT2D eigenvalue weighted by Gasteiger charge is 2.42. The second-order valence-corrected chi connectivity index (χ2v) is 11.5. The van der Waals surface area contributed by atoms with Crippen LogP contribution in [0, 0.1) is 33.6 Å². The lowest BCUT2D eigenvalue weighted by Crippen LogP contribution is -2.29. The van der Waals surface area contributed by atoms with Crippen molar-refractivity contribution < 1.29 is 4.79 Å². The topological polar surface area (TPSA) is 62.2 Å². The molecule has 2 N–H and O–H groups in total. The van der Waals surface area contributed by atoms with Crippen molar-refractivity contribution >= 4 is 46.2 Å². The summed E-state index contributed by atoms with van der Waals surface area (Å²) in [4.78, 5) is 19.1. The first kappa shape index (κ1) is 27.9. The predicted octanol–water partition coefficient (Wildman–Crippen LogP) is 7.53. The lowest BCUT2D eigenvalue weighted by atomic mass is 9.96. The number of aryl methyl sites for hydroxylation is 3. The third-order valence-corrected chi connectivity index (χ3v) is 8.19. The number of thiocarbonyl (C=S) groups is 1. The van der Waals surface area contributed by atoms with Crippen LogP contribution in [0.4, 0.5) is 11.4 Å². The van der Waals surface area contributed by atoms with Gasteiger partial charge in [0.1, 0.15) is 0 Å². The Morgan fingerprint density at radius 1 is 1.02 bits per heavy atom. The number of anilines is 2. The smallest absolute Gasteiger partial charge is 0.226 e. The average Bonchev–Trinajstić information content (AvgIpc) is 3.41. The lowest BCUT2D eigenvalue weighted by molar-refractivity contribution is -0.118. The van der Waals surface area contributed by atoms with Gasteiger partial charge in [0.25, 0.3) is 0 Å². The van der Waals surface area contributed by atoms with Gasteiger partial charge in [0, 0.05) is 29.2 Å². The molecule has 5 rings (SSSR count). The third-order valence-electron chi connectivity index (χ3n) is 7.56. The highest BCUT2D eigenvalue weighted by molar-refractivity contribution is 7.80. The maximum absolute atomic E-state index is 12.3. The van der Waals surface area contributed by atoms with Gasteiger partial charge in [-0.25, -0.2) is 0 Å². The number of pyridine rings is 1. The summed E-state index contributed by atoms with van der Waals surface area (Å²) in [5.41, 5.74) is 9.40. The zero-order valence-corrected chi connectivity index (χ0v) is 25.2. The number of rotatable bonds is 6. The summed E-state index contributed by atoms with van der Waals surface area (Å²) < 4.78 is 2.34. The summed E-state index contributed by atoms with van der Waals surface area (Å²) in [5.74, 6) is -0.234. The number of nitrogens with one attached hydrogen (secondary N) is 2. The van der Waals surface area contributed by atoms with Gasteiger partial charge in [0.15, 0.2) is 5.11 Å². The maximum atomic E-state index is 12.3. The first-order valence-electron chi connectivity index (χ1n) is 13.4. The zero-order valence-electron chi connectivity index (χ0n) is 23.6. The van der Waals surface area contributed by atoms with Crippen molar-refractivity contribution in [2.24, 2.45) is 5.92 Å². The molecular weight excluding hydrogens is 538 g/mol. The van der Waals surface area contributed by atoms with E-state index in [2.05, 4.69) is 72.1 Å². The Morgan fingerprint density at radius 2 is 1.75 bits per heavy atom. The number of nitrogens with zero attached hydrogens (tertiary/aromatic N) is 3. The van der Waals surface area contributed by atoms with Crippen LogP contribution in [0.3, 0.4) is 0 Å². The molecule has 2 aromatic heterocycles. The van der Waals surface area contributed by atoms with E-state index in [9.17, 15) is 4.79 Å². The minimum absolute atomic E-state index is 0.0833. The van der Waals surface area contributed by atoms with E-state index in [4.69, 9.17) is 28.8 Å². The van der Waals surface area contributed by atoms with Gasteiger partial charge in [-0.3, -0.25) is 9.78 Å². The summed E-state index contributed by atoms with van der Waals surface area (Å²) in [5, 5.41) is 7.50. The Balaban J connectivity index is 1.65. The van der Waals surface area contributed by atoms with E-state index in [0.717, 1.165) is 28.3 Å². The average molecular weight is 572 g/mol. The fourth-order valence-corrected chi connectivity index (χ4v) is 6.14. The Bertz CT molecular complexity index is 1580. The molecule has 1 fully saturated rings. The van der Waals surface area contributed by atoms with Crippen molar-refractivity contribution in [1.29, 1.82) is 0 Å². The van der Waals surface area contributed by atoms with Crippen molar-refractivity contribution in [3.05, 3.63) is 106 Å². The Labute approximate surface area is 246 Å². The van der Waals surface area contributed by atoms with Crippen molar-refractivity contribution in [3.63, 3.8) is 0 Å². The number of hydrogen-bond acceptors (Lipinski definition) is 3. The van der Waals surface area contributed by atoms with E-state index in [1.165, 1.54) is 16.8 Å². The number of para-hydroxylation sites is 1. The molecule has 1 amide bonds. The minimum atomic E-state index is -0.182. The van der Waals surface area contributed by atoms with Crippen LogP contribution in [0.5, 0.6) is 0 Å². The molecule has 0 aliphatic carbocycles. The molecule has 0 bridgehead atoms. The number of carbonyl (C=O) groups is 1. The van der Waals surface area contributed by atoms with Crippen LogP contribution in [0.15, 0.2) is 66.9 Å². The molecular formula is C32H34ClN5OS. The SMILES string of the molecule is Cc1cccc(C)c1-n1c(C)cc([C@H]2[C@H](c3ccccn3)NC(=S)N2c2ccc(NC(=O)C(C)C)c(Cl)c2)c1C. The summed E-state index contributed by atoms with van der Waals surface area (Å²) in [6.45, 7) is 12.3. The summed E-state index contributed by atoms with van der Waals surface area (Å²) in [6, 6.07) is 19.9. The molecule has 1 aliphatic rings. The van der Waals surface area contributed by atoms with E-state index in [1.54, 1.807) is 0 Å². The molecule has 2 aromatic carbocycles. The molecule has 8 heteroatoms. The number of amides is 1. The zero-order chi connectivity index (χ0) is 28.7. The molecule has 3 heterocycles. The van der Waals surface area contributed by atoms with E-state index < -0.39 is 0 Å². The van der Waals surface area contributed by atoms with Gasteiger partial charge in [-0.15, -0.1) is 0 Å². The molecule has 2 atom stereocenters. The molecule has 40 heavy (non-hydrogen) atoms. The second-order valence-electron chi connectivity index (χ2n) is 10.7. The number of carbonyl (C=O) groups excluding carboxylic acids is 1. The molecule has 4 aromatic rings. The molecule has 0 radical (unpaired) electrons. The molecule has 0 spiro atoms. The number of hydrogen-bond donors (Lipinski definition) is 2. The van der Waals surface area contributed by atoms with Crippen LogP contribution < -0.4 is 15.5 Å². The van der Waals surface area contributed by atoms with Crippen molar-refractivity contribution in [2.45, 2.75) is 53.6 Å². The van der Waals surface area contributed by atoms with Crippen LogP contribution in [0.2, 0.25) is 5.02 Å². The van der Waals surface area contributed by atoms with Crippen LogP contribution in [0.25, 0.3) is 5.69 Å². The molecule has 1 aliphatic heterocycles. The standard InChI is InChI=1S/C32H34ClN5OS/c1-18(2)31(39)35-26-14-13-23(17-25(26)33)38-30(28(36-32(38)40)27-12-7-8-15-34-27)24-16-21(5)37(22(24)6)29-19(3)10-9-11-20(29)4/h7-18,28,30H,1-6H3,(H,35,39)(H,36,40)/t28-,30-/m0/s1. The van der Waals surface area contributed by atoms with Gasteiger partial charge < -0.3 is 20.1 Å². The van der Waals surface area contributed by atoms with Gasteiger partial charge in [-0.1, -0.05) is 49.7 Å². The normalized spacial score (nSPS) is 16.9.